The molecule has 248 valence electrons. The van der Waals surface area contributed by atoms with Crippen LogP contribution in [-0.2, 0) is 61.9 Å². The summed E-state index contributed by atoms with van der Waals surface area (Å²) in [5, 5.41) is 0. The Labute approximate surface area is 263 Å². The van der Waals surface area contributed by atoms with Gasteiger partial charge in [0, 0.05) is 36.5 Å². The van der Waals surface area contributed by atoms with Crippen LogP contribution in [0, 0.1) is 10.8 Å². The van der Waals surface area contributed by atoms with Gasteiger partial charge in [-0.3, -0.25) is 0 Å². The maximum atomic E-state index is 12.2. The first-order valence-corrected chi connectivity index (χ1v) is 13.8. The van der Waals surface area contributed by atoms with Crippen LogP contribution in [0.4, 0.5) is 0 Å². The minimum absolute atomic E-state index is 0.383. The first kappa shape index (κ1) is 40.2. The van der Waals surface area contributed by atoms with E-state index in [-0.39, 0.29) is 13.2 Å². The van der Waals surface area contributed by atoms with Gasteiger partial charge in [0.05, 0.1) is 24.0 Å². The summed E-state index contributed by atoms with van der Waals surface area (Å²) in [5.74, 6) is -4.53. The third kappa shape index (κ3) is 17.8. The van der Waals surface area contributed by atoms with Gasteiger partial charge in [0.25, 0.3) is 0 Å². The zero-order chi connectivity index (χ0) is 34.1. The zero-order valence-corrected chi connectivity index (χ0v) is 26.2. The molecule has 0 rings (SSSR count). The van der Waals surface area contributed by atoms with Crippen LogP contribution >= 0.6 is 0 Å². The molecule has 0 fully saturated rings. The third-order valence-corrected chi connectivity index (χ3v) is 5.48. The summed E-state index contributed by atoms with van der Waals surface area (Å²) in [6, 6.07) is 0. The molecule has 45 heavy (non-hydrogen) atoms. The Morgan fingerprint density at radius 2 is 0.644 bits per heavy atom. The second-order valence-electron chi connectivity index (χ2n) is 9.55. The Morgan fingerprint density at radius 3 is 0.844 bits per heavy atom. The highest BCUT2D eigenvalue weighted by Crippen LogP contribution is 2.26. The van der Waals surface area contributed by atoms with E-state index in [4.69, 9.17) is 33.2 Å². The van der Waals surface area contributed by atoms with E-state index in [1.54, 1.807) is 27.7 Å². The van der Waals surface area contributed by atoms with Gasteiger partial charge in [-0.2, -0.15) is 0 Å². The molecule has 0 radical (unpaired) electrons. The molecular formula is C32H42O13. The lowest BCUT2D eigenvalue weighted by Crippen LogP contribution is -2.47. The lowest BCUT2D eigenvalue weighted by molar-refractivity contribution is -0.169. The highest BCUT2D eigenvalue weighted by atomic mass is 16.6. The Hall–Kier alpha value is -4.78. The molecule has 0 N–H and O–H groups in total. The van der Waals surface area contributed by atoms with Gasteiger partial charge >= 0.3 is 35.8 Å². The quantitative estimate of drug-likeness (QED) is 0.0970. The number of hydrogen-bond donors (Lipinski definition) is 0. The number of rotatable bonds is 22. The molecule has 13 nitrogen and oxygen atoms in total. The van der Waals surface area contributed by atoms with E-state index in [2.05, 4.69) is 13.2 Å². The van der Waals surface area contributed by atoms with E-state index >= 15 is 0 Å². The van der Waals surface area contributed by atoms with E-state index in [1.165, 1.54) is 24.3 Å². The van der Waals surface area contributed by atoms with Crippen molar-refractivity contribution in [1.82, 2.24) is 0 Å². The Kier molecular flexibility index (Phi) is 20.3. The molecule has 0 aromatic rings. The van der Waals surface area contributed by atoms with Gasteiger partial charge in [0.2, 0.25) is 0 Å². The molecule has 0 heterocycles. The van der Waals surface area contributed by atoms with Gasteiger partial charge in [-0.25, -0.2) is 28.8 Å². The van der Waals surface area contributed by atoms with Crippen molar-refractivity contribution in [1.29, 1.82) is 0 Å². The van der Waals surface area contributed by atoms with Crippen molar-refractivity contribution in [3.05, 3.63) is 73.9 Å². The Morgan fingerprint density at radius 1 is 0.422 bits per heavy atom. The second-order valence-corrected chi connectivity index (χ2v) is 9.55. The van der Waals surface area contributed by atoms with Crippen molar-refractivity contribution in [2.24, 2.45) is 10.8 Å². The summed E-state index contributed by atoms with van der Waals surface area (Å²) in [6.45, 7) is 9.72. The van der Waals surface area contributed by atoms with Gasteiger partial charge in [-0.05, 0) is 27.7 Å². The molecular weight excluding hydrogens is 592 g/mol. The zero-order valence-electron chi connectivity index (χ0n) is 26.2. The van der Waals surface area contributed by atoms with Crippen LogP contribution in [-0.4, -0.2) is 88.7 Å². The maximum Gasteiger partial charge on any atom is 0.330 e. The van der Waals surface area contributed by atoms with Gasteiger partial charge in [0.1, 0.15) is 39.6 Å². The van der Waals surface area contributed by atoms with E-state index in [0.717, 1.165) is 36.5 Å². The average molecular weight is 635 g/mol. The summed E-state index contributed by atoms with van der Waals surface area (Å²) in [7, 11) is 0. The molecule has 13 heteroatoms. The third-order valence-electron chi connectivity index (χ3n) is 5.48. The van der Waals surface area contributed by atoms with E-state index in [9.17, 15) is 28.8 Å². The van der Waals surface area contributed by atoms with Crippen LogP contribution in [0.5, 0.6) is 0 Å². The summed E-state index contributed by atoms with van der Waals surface area (Å²) < 4.78 is 37.8. The van der Waals surface area contributed by atoms with Gasteiger partial charge in [0.15, 0.2) is 0 Å². The summed E-state index contributed by atoms with van der Waals surface area (Å²) in [6.07, 6.45) is 12.3. The van der Waals surface area contributed by atoms with Crippen molar-refractivity contribution in [2.75, 3.05) is 52.9 Å². The number of esters is 6. The second kappa shape index (κ2) is 22.7. The van der Waals surface area contributed by atoms with Crippen molar-refractivity contribution in [2.45, 2.75) is 27.7 Å². The first-order chi connectivity index (χ1) is 21.4. The standard InChI is InChI=1S/C32H42O13/c1-7-13-27(35)42-21-31(19-40-25(33)11-5,22-43-28(36)14-8-2)17-39-18-32(20-41-26(34)12-6,23-44-29(37)15-9-3)24-45-30(38)16-10-4/h7-16H,5-6,17-24H2,1-4H3. The van der Waals surface area contributed by atoms with Crippen LogP contribution in [0.25, 0.3) is 0 Å². The topological polar surface area (TPSA) is 167 Å². The predicted octanol–water partition coefficient (Wildman–Crippen LogP) is 2.91. The number of allylic oxidation sites excluding steroid dienone is 4. The van der Waals surface area contributed by atoms with Gasteiger partial charge in [-0.15, -0.1) is 0 Å². The van der Waals surface area contributed by atoms with E-state index in [0.29, 0.717) is 0 Å². The minimum atomic E-state index is -1.46. The number of carbonyl (C=O) groups excluding carboxylic acids is 6. The van der Waals surface area contributed by atoms with Crippen LogP contribution in [0.15, 0.2) is 73.9 Å². The van der Waals surface area contributed by atoms with Gasteiger partial charge < -0.3 is 33.2 Å². The lowest BCUT2D eigenvalue weighted by atomic mass is 9.90. The monoisotopic (exact) mass is 634 g/mol. The molecule has 0 aromatic carbocycles. The lowest BCUT2D eigenvalue weighted by Gasteiger charge is -2.35. The molecule has 0 aromatic heterocycles. The molecule has 0 bridgehead atoms. The molecule has 0 aliphatic rings. The van der Waals surface area contributed by atoms with Crippen molar-refractivity contribution < 1.29 is 61.9 Å². The van der Waals surface area contributed by atoms with Crippen LogP contribution in [0.2, 0.25) is 0 Å². The number of hydrogen-bond acceptors (Lipinski definition) is 13. The fraction of sp³-hybridized carbons (Fsp3) is 0.438. The smallest absolute Gasteiger partial charge is 0.330 e. The number of ether oxygens (including phenoxy) is 7. The van der Waals surface area contributed by atoms with Crippen molar-refractivity contribution in [3.8, 4) is 0 Å². The highest BCUT2D eigenvalue weighted by molar-refractivity contribution is 5.83. The molecule has 0 aliphatic carbocycles. The Balaban J connectivity index is 6.51. The molecule has 0 spiro atoms. The van der Waals surface area contributed by atoms with Crippen LogP contribution < -0.4 is 0 Å². The summed E-state index contributed by atoms with van der Waals surface area (Å²) in [4.78, 5) is 72.7. The Bertz CT molecular complexity index is 1000. The van der Waals surface area contributed by atoms with E-state index in [1.807, 2.05) is 0 Å². The van der Waals surface area contributed by atoms with Crippen LogP contribution in [0.1, 0.15) is 27.7 Å². The average Bonchev–Trinajstić information content (AvgIpc) is 3.02. The fourth-order valence-corrected chi connectivity index (χ4v) is 3.18. The maximum absolute atomic E-state index is 12.2. The number of carbonyl (C=O) groups is 6. The molecule has 0 atom stereocenters. The summed E-state index contributed by atoms with van der Waals surface area (Å²) >= 11 is 0. The first-order valence-electron chi connectivity index (χ1n) is 13.8. The summed E-state index contributed by atoms with van der Waals surface area (Å²) in [5.41, 5.74) is -2.92. The van der Waals surface area contributed by atoms with Crippen molar-refractivity contribution >= 4 is 35.8 Å². The van der Waals surface area contributed by atoms with Crippen LogP contribution in [0.3, 0.4) is 0 Å². The predicted molar refractivity (Wildman–Crippen MR) is 161 cm³/mol. The minimum Gasteiger partial charge on any atom is -0.462 e. The molecule has 0 aliphatic heterocycles. The van der Waals surface area contributed by atoms with Gasteiger partial charge in [-0.1, -0.05) is 37.5 Å². The molecule has 0 unspecified atom stereocenters. The molecule has 0 amide bonds. The SMILES string of the molecule is C=CC(=O)OCC(COCC(COC(=O)C=C)(COC(=O)C=CC)COC(=O)C=CC)(COC(=O)C=CC)COC(=O)C=CC. The van der Waals surface area contributed by atoms with E-state index < -0.39 is 86.3 Å². The molecule has 0 saturated heterocycles. The molecule has 0 saturated carbocycles. The van der Waals surface area contributed by atoms with Crippen molar-refractivity contribution in [3.63, 3.8) is 0 Å². The highest BCUT2D eigenvalue weighted by Gasteiger charge is 2.40. The largest absolute Gasteiger partial charge is 0.462 e. The fourth-order valence-electron chi connectivity index (χ4n) is 3.18. The normalized spacial score (nSPS) is 14.0.